The molecule has 7 atom stereocenters. The zero-order chi connectivity index (χ0) is 41.4. The zero-order valence-electron chi connectivity index (χ0n) is 33.2. The lowest BCUT2D eigenvalue weighted by molar-refractivity contribution is -0.147. The molecular formula is C43H53N5O9S. The van der Waals surface area contributed by atoms with Crippen molar-refractivity contribution in [2.45, 2.75) is 107 Å². The fraction of sp³-hybridized carbons (Fsp3) is 0.535. The third kappa shape index (κ3) is 8.27. The van der Waals surface area contributed by atoms with E-state index in [1.807, 2.05) is 48.5 Å². The van der Waals surface area contributed by atoms with E-state index in [0.717, 1.165) is 54.4 Å². The van der Waals surface area contributed by atoms with E-state index < -0.39 is 92.3 Å². The first-order valence-corrected chi connectivity index (χ1v) is 21.9. The summed E-state index contributed by atoms with van der Waals surface area (Å²) >= 11 is 0. The second-order valence-corrected chi connectivity index (χ2v) is 18.7. The zero-order valence-corrected chi connectivity index (χ0v) is 34.0. The van der Waals surface area contributed by atoms with Crippen molar-refractivity contribution in [3.05, 3.63) is 72.3 Å². The maximum atomic E-state index is 14.4. The highest BCUT2D eigenvalue weighted by Crippen LogP contribution is 2.46. The van der Waals surface area contributed by atoms with Crippen LogP contribution in [0.5, 0.6) is 0 Å². The van der Waals surface area contributed by atoms with Gasteiger partial charge >= 0.3 is 5.97 Å². The Bertz CT molecular complexity index is 2060. The van der Waals surface area contributed by atoms with Crippen molar-refractivity contribution >= 4 is 45.3 Å². The summed E-state index contributed by atoms with van der Waals surface area (Å²) in [5, 5.41) is 12.5. The number of sulfonamides is 1. The van der Waals surface area contributed by atoms with Crippen molar-refractivity contribution in [1.82, 2.24) is 20.7 Å². The van der Waals surface area contributed by atoms with Gasteiger partial charge in [0.1, 0.15) is 29.4 Å². The molecule has 0 radical (unpaired) electrons. The maximum Gasteiger partial charge on any atom is 0.328 e. The van der Waals surface area contributed by atoms with Gasteiger partial charge in [0.2, 0.25) is 27.7 Å². The van der Waals surface area contributed by atoms with Gasteiger partial charge in [-0.2, -0.15) is 0 Å². The average Bonchev–Trinajstić information content (AvgIpc) is 4.13. The molecule has 5 aliphatic carbocycles. The molecule has 4 amide bonds. The third-order valence-electron chi connectivity index (χ3n) is 12.5. The van der Waals surface area contributed by atoms with Gasteiger partial charge in [0.05, 0.1) is 24.2 Å². The number of carbonyl (C=O) groups is 5. The van der Waals surface area contributed by atoms with Crippen LogP contribution in [-0.4, -0.2) is 79.8 Å². The van der Waals surface area contributed by atoms with Crippen LogP contribution in [0.2, 0.25) is 0 Å². The molecule has 7 rings (SSSR count). The summed E-state index contributed by atoms with van der Waals surface area (Å²) in [4.78, 5) is 75.2. The highest BCUT2D eigenvalue weighted by Gasteiger charge is 2.62. The number of hydrogen-bond acceptors (Lipinski definition) is 10. The van der Waals surface area contributed by atoms with Crippen LogP contribution in [0.3, 0.4) is 0 Å². The molecule has 0 bridgehead atoms. The van der Waals surface area contributed by atoms with Gasteiger partial charge in [0, 0.05) is 17.0 Å². The van der Waals surface area contributed by atoms with Crippen LogP contribution in [0.4, 0.5) is 0 Å². The van der Waals surface area contributed by atoms with Crippen LogP contribution in [0.1, 0.15) is 89.2 Å². The van der Waals surface area contributed by atoms with Crippen LogP contribution in [0.15, 0.2) is 66.3 Å². The molecule has 2 aromatic rings. The van der Waals surface area contributed by atoms with Gasteiger partial charge in [-0.1, -0.05) is 92.9 Å². The Morgan fingerprint density at radius 3 is 1.97 bits per heavy atom. The number of nitrogens with one attached hydrogen (secondary N) is 4. The van der Waals surface area contributed by atoms with Crippen LogP contribution in [-0.2, 0) is 43.6 Å². The van der Waals surface area contributed by atoms with E-state index in [1.54, 1.807) is 13.8 Å². The number of amides is 4. The Balaban J connectivity index is 1.13. The highest BCUT2D eigenvalue weighted by molar-refractivity contribution is 7.91. The van der Waals surface area contributed by atoms with Gasteiger partial charge < -0.3 is 25.5 Å². The van der Waals surface area contributed by atoms with E-state index in [2.05, 4.69) is 32.4 Å². The smallest absolute Gasteiger partial charge is 0.328 e. The predicted octanol–water partition coefficient (Wildman–Crippen LogP) is 3.88. The molecule has 310 valence electrons. The number of fused-ring (bicyclic) bond motifs is 3. The van der Waals surface area contributed by atoms with E-state index in [1.165, 1.54) is 13.2 Å². The van der Waals surface area contributed by atoms with Gasteiger partial charge in [0.25, 0.3) is 5.91 Å². The Kier molecular flexibility index (Phi) is 11.8. The Morgan fingerprint density at radius 1 is 0.845 bits per heavy atom. The molecule has 4 N–H and O–H groups in total. The molecule has 14 nitrogen and oxygen atoms in total. The minimum Gasteiger partial charge on any atom is -0.467 e. The van der Waals surface area contributed by atoms with E-state index in [4.69, 9.17) is 9.57 Å². The van der Waals surface area contributed by atoms with Crippen LogP contribution < -0.4 is 20.7 Å². The molecule has 0 spiro atoms. The molecule has 15 heteroatoms. The monoisotopic (exact) mass is 815 g/mol. The highest BCUT2D eigenvalue weighted by atomic mass is 32.2. The van der Waals surface area contributed by atoms with E-state index >= 15 is 0 Å². The largest absolute Gasteiger partial charge is 0.467 e. The van der Waals surface area contributed by atoms with E-state index in [9.17, 15) is 32.4 Å². The fourth-order valence-corrected chi connectivity index (χ4v) is 10.3. The molecule has 58 heavy (non-hydrogen) atoms. The number of esters is 1. The van der Waals surface area contributed by atoms with Gasteiger partial charge in [-0.15, -0.1) is 6.58 Å². The van der Waals surface area contributed by atoms with Gasteiger partial charge in [0.15, 0.2) is 0 Å². The van der Waals surface area contributed by atoms with Crippen molar-refractivity contribution in [2.75, 3.05) is 7.11 Å². The van der Waals surface area contributed by atoms with Gasteiger partial charge in [-0.25, -0.2) is 13.2 Å². The summed E-state index contributed by atoms with van der Waals surface area (Å²) in [6.07, 6.45) is 6.39. The summed E-state index contributed by atoms with van der Waals surface area (Å²) in [6, 6.07) is 13.7. The normalized spacial score (nSPS) is 26.0. The van der Waals surface area contributed by atoms with Crippen molar-refractivity contribution in [2.24, 2.45) is 34.7 Å². The Labute approximate surface area is 339 Å². The second-order valence-electron chi connectivity index (χ2n) is 16.8. The molecule has 0 saturated heterocycles. The summed E-state index contributed by atoms with van der Waals surface area (Å²) in [5.41, 5.74) is 2.84. The lowest BCUT2D eigenvalue weighted by atomic mass is 9.83. The summed E-state index contributed by atoms with van der Waals surface area (Å²) in [5.74, 6) is -6.22. The topological polar surface area (TPSA) is 198 Å². The first kappa shape index (κ1) is 41.1. The number of ether oxygens (including phenoxy) is 1. The quantitative estimate of drug-likeness (QED) is 0.1000. The SMILES string of the molecule is C=C[C@@H]1C[C@]1(NC(=O)[C@@H]1C[C@@H](ON=C2c3ccccc3-c3ccccc32)C[C@H]1C(=O)N[C@@H](C(=O)N[C@@H](C(=O)OC)C1CCCCC1)C(C)C)C(=O)NS(=O)(=O)C1CC1. The van der Waals surface area contributed by atoms with Crippen molar-refractivity contribution in [3.8, 4) is 11.1 Å². The molecule has 4 saturated carbocycles. The Morgan fingerprint density at radius 2 is 1.43 bits per heavy atom. The molecule has 0 aromatic heterocycles. The Hall–Kier alpha value is -5.05. The number of carbonyl (C=O) groups excluding carboxylic acids is 5. The second kappa shape index (κ2) is 16.7. The molecule has 0 heterocycles. The van der Waals surface area contributed by atoms with Crippen LogP contribution in [0.25, 0.3) is 11.1 Å². The fourth-order valence-electron chi connectivity index (χ4n) is 8.91. The first-order valence-electron chi connectivity index (χ1n) is 20.4. The summed E-state index contributed by atoms with van der Waals surface area (Å²) in [6.45, 7) is 7.33. The van der Waals surface area contributed by atoms with Gasteiger partial charge in [-0.3, -0.25) is 23.9 Å². The number of oxime groups is 1. The van der Waals surface area contributed by atoms with Crippen LogP contribution in [0, 0.1) is 29.6 Å². The minimum absolute atomic E-state index is 0.0471. The number of methoxy groups -OCH3 is 1. The molecule has 5 aliphatic rings. The number of nitrogens with zero attached hydrogens (tertiary/aromatic N) is 1. The van der Waals surface area contributed by atoms with E-state index in [0.29, 0.717) is 18.6 Å². The lowest BCUT2D eigenvalue weighted by Gasteiger charge is -2.31. The standard InChI is InChI=1S/C43H53N5O9S/c1-5-26-23-43(26,42(53)48-58(54,55)28-19-20-28)46-39(50)34-22-27(57-47-37-31-17-11-9-15-29(31)30-16-10-12-18-32(30)37)21-33(34)38(49)44-35(24(2)3)40(51)45-36(41(52)56-4)25-13-7-6-8-14-25/h5,9-12,15-18,24-28,33-36H,1,6-8,13-14,19-23H2,2-4H3,(H,44,49)(H,45,51)(H,46,50)(H,48,53)/t26-,27+,33-,34-,35-,36-,43-/m1/s1. The molecule has 0 unspecified atom stereocenters. The lowest BCUT2D eigenvalue weighted by Crippen LogP contribution is -2.57. The van der Waals surface area contributed by atoms with Crippen LogP contribution >= 0.6 is 0 Å². The molecular weight excluding hydrogens is 763 g/mol. The van der Waals surface area contributed by atoms with Crippen molar-refractivity contribution < 1.29 is 42.0 Å². The van der Waals surface area contributed by atoms with Gasteiger partial charge in [-0.05, 0) is 67.9 Å². The molecule has 4 fully saturated rings. The maximum absolute atomic E-state index is 14.4. The van der Waals surface area contributed by atoms with E-state index in [-0.39, 0.29) is 25.2 Å². The predicted molar refractivity (Wildman–Crippen MR) is 215 cm³/mol. The molecule has 2 aromatic carbocycles. The summed E-state index contributed by atoms with van der Waals surface area (Å²) < 4.78 is 32.7. The molecule has 0 aliphatic heterocycles. The number of rotatable bonds is 15. The number of hydrogen-bond donors (Lipinski definition) is 4. The summed E-state index contributed by atoms with van der Waals surface area (Å²) in [7, 11) is -2.63. The van der Waals surface area contributed by atoms with Crippen molar-refractivity contribution in [1.29, 1.82) is 0 Å². The minimum atomic E-state index is -3.91. The first-order chi connectivity index (χ1) is 27.8. The third-order valence-corrected chi connectivity index (χ3v) is 14.3. The average molecular weight is 816 g/mol. The van der Waals surface area contributed by atoms with Crippen molar-refractivity contribution in [3.63, 3.8) is 0 Å². The number of benzene rings is 2.